The fourth-order valence-electron chi connectivity index (χ4n) is 8.64. The Morgan fingerprint density at radius 2 is 1.63 bits per heavy atom. The smallest absolute Gasteiger partial charge is 0.246 e. The number of methoxy groups -OCH3 is 2. The van der Waals surface area contributed by atoms with Crippen LogP contribution >= 0.6 is 11.3 Å². The van der Waals surface area contributed by atoms with Crippen molar-refractivity contribution in [2.75, 3.05) is 59.1 Å². The molecule has 0 unspecified atom stereocenters. The molecule has 17 heteroatoms. The lowest BCUT2D eigenvalue weighted by Crippen LogP contribution is -2.58. The van der Waals surface area contributed by atoms with Crippen molar-refractivity contribution >= 4 is 46.7 Å². The number of aryl methyl sites for hydroxylation is 1. The van der Waals surface area contributed by atoms with E-state index in [0.717, 1.165) is 55.3 Å². The van der Waals surface area contributed by atoms with Gasteiger partial charge in [0.05, 0.1) is 81.5 Å². The van der Waals surface area contributed by atoms with Crippen LogP contribution in [0.4, 0.5) is 5.69 Å². The van der Waals surface area contributed by atoms with Gasteiger partial charge in [0, 0.05) is 41.4 Å². The number of benzene rings is 3. The number of thiazole rings is 1. The van der Waals surface area contributed by atoms with Crippen LogP contribution in [-0.2, 0) is 35.1 Å². The highest BCUT2D eigenvalue weighted by Gasteiger charge is 2.44. The largest absolute Gasteiger partial charge is 0.493 e. The number of nitrogens with zero attached hydrogens (tertiary/aromatic N) is 3. The van der Waals surface area contributed by atoms with E-state index in [2.05, 4.69) is 20.9 Å². The van der Waals surface area contributed by atoms with Gasteiger partial charge >= 0.3 is 0 Å². The molecule has 4 N–H and O–H groups in total. The van der Waals surface area contributed by atoms with Crippen molar-refractivity contribution in [1.82, 2.24) is 25.5 Å². The number of carbonyl (C=O) groups excluding carboxylic acids is 4. The normalized spacial score (nSPS) is 16.5. The van der Waals surface area contributed by atoms with Crippen LogP contribution in [0.1, 0.15) is 63.6 Å². The Bertz CT molecular complexity index is 2820. The summed E-state index contributed by atoms with van der Waals surface area (Å²) in [5.41, 5.74) is 9.31. The van der Waals surface area contributed by atoms with Crippen molar-refractivity contribution in [1.29, 1.82) is 0 Å². The summed E-state index contributed by atoms with van der Waals surface area (Å²) in [6.07, 6.45) is 5.19. The number of pyridine rings is 1. The third-order valence-electron chi connectivity index (χ3n) is 12.8. The van der Waals surface area contributed by atoms with Crippen molar-refractivity contribution in [3.05, 3.63) is 112 Å². The van der Waals surface area contributed by atoms with E-state index < -0.39 is 29.5 Å². The van der Waals surface area contributed by atoms with Crippen LogP contribution in [0.25, 0.3) is 39.7 Å². The molecular formula is C56H66N6O10S. The Kier molecular flexibility index (Phi) is 18.2. The lowest BCUT2D eigenvalue weighted by molar-refractivity contribution is -0.144. The van der Waals surface area contributed by atoms with Gasteiger partial charge in [-0.25, -0.2) is 9.97 Å². The first-order chi connectivity index (χ1) is 35.0. The number of amides is 4. The Morgan fingerprint density at radius 1 is 0.918 bits per heavy atom. The number of aliphatic hydroxyl groups is 1. The summed E-state index contributed by atoms with van der Waals surface area (Å²) in [5.74, 6) is 0.520. The highest BCUT2D eigenvalue weighted by molar-refractivity contribution is 7.10. The molecule has 0 radical (unpaired) electrons. The Balaban J connectivity index is 0.862. The van der Waals surface area contributed by atoms with Crippen molar-refractivity contribution in [3.8, 4) is 50.9 Å². The maximum Gasteiger partial charge on any atom is 0.246 e. The fourth-order valence-corrected chi connectivity index (χ4v) is 9.35. The van der Waals surface area contributed by atoms with E-state index in [1.165, 1.54) is 4.90 Å². The number of hydrogen-bond acceptors (Lipinski definition) is 13. The number of β-amino-alcohol motifs (C(OH)–C–C–N with tert-alkyl or cyclic N) is 1. The maximum absolute atomic E-state index is 14.1. The minimum Gasteiger partial charge on any atom is -0.493 e. The molecule has 2 aliphatic heterocycles. The number of aromatic nitrogens is 2. The van der Waals surface area contributed by atoms with E-state index in [4.69, 9.17) is 28.7 Å². The lowest BCUT2D eigenvalue weighted by Gasteiger charge is -2.35. The first-order valence-corrected chi connectivity index (χ1v) is 25.3. The SMILES string of the molecule is COc1ccc(-c2cc(-c3ccc(OCCOCCOCCC(=O)N[C@H](C(=O)N4C[C@H](O)C[C@H]4C(=O)N[C@@H](C)/C(C)=C/C=C/c4scnc4C)C(C)(C)C)cc3)nc3c2CC(=O)Nc2ccccc2-3)cc1OC. The fraction of sp³-hybridized carbons (Fsp3) is 0.393. The number of rotatable bonds is 21. The van der Waals surface area contributed by atoms with Gasteiger partial charge in [0.1, 0.15) is 24.4 Å². The van der Waals surface area contributed by atoms with Gasteiger partial charge in [-0.3, -0.25) is 19.2 Å². The average molecular weight is 1020 g/mol. The molecule has 386 valence electrons. The van der Waals surface area contributed by atoms with Gasteiger partial charge in [-0.1, -0.05) is 62.8 Å². The minimum absolute atomic E-state index is 0.00827. The Morgan fingerprint density at radius 3 is 2.34 bits per heavy atom. The van der Waals surface area contributed by atoms with Crippen LogP contribution in [0.5, 0.6) is 17.2 Å². The zero-order chi connectivity index (χ0) is 52.2. The summed E-state index contributed by atoms with van der Waals surface area (Å²) in [7, 11) is 3.18. The van der Waals surface area contributed by atoms with E-state index >= 15 is 0 Å². The van der Waals surface area contributed by atoms with Crippen LogP contribution in [-0.4, -0.2) is 122 Å². The molecule has 0 aliphatic carbocycles. The second kappa shape index (κ2) is 24.7. The van der Waals surface area contributed by atoms with E-state index in [9.17, 15) is 24.3 Å². The van der Waals surface area contributed by atoms with Crippen molar-refractivity contribution in [2.45, 2.75) is 85.0 Å². The topological polar surface area (TPSA) is 200 Å². The van der Waals surface area contributed by atoms with Gasteiger partial charge in [-0.05, 0) is 97.5 Å². The molecule has 2 aliphatic rings. The molecule has 1 saturated heterocycles. The number of nitrogens with one attached hydrogen (secondary N) is 3. The molecular weight excluding hydrogens is 949 g/mol. The molecule has 0 spiro atoms. The van der Waals surface area contributed by atoms with E-state index in [-0.39, 0.29) is 69.4 Å². The number of carbonyl (C=O) groups is 4. The molecule has 4 atom stereocenters. The van der Waals surface area contributed by atoms with Crippen LogP contribution in [0.15, 0.2) is 96.0 Å². The molecule has 1 fully saturated rings. The van der Waals surface area contributed by atoms with Crippen LogP contribution < -0.4 is 30.2 Å². The standard InChI is InChI=1S/C56H66N6O10S/c1-34(12-11-15-49-36(3)57-33-73-49)35(2)58-54(66)46-29-39(63)32-62(46)55(67)53(56(4,5)6)61-50(64)22-23-70-24-25-71-26-27-72-40-19-16-37(17-20-40)45-30-42(38-18-21-47(68-7)48(28-38)69-8)43-31-51(65)59-44-14-10-9-13-41(44)52(43)60-45/h9-21,28,30,33,35,39,46,53,63H,22-27,29,31-32H2,1-8H3,(H,58,66)(H,59,65)(H,61,64)/b15-11+,34-12+/t35-,39+,46-,53+/m0/s1. The first-order valence-electron chi connectivity index (χ1n) is 24.4. The van der Waals surface area contributed by atoms with Gasteiger partial charge in [0.25, 0.3) is 0 Å². The first kappa shape index (κ1) is 53.9. The van der Waals surface area contributed by atoms with E-state index in [0.29, 0.717) is 36.1 Å². The molecule has 73 heavy (non-hydrogen) atoms. The van der Waals surface area contributed by atoms with Crippen molar-refractivity contribution < 1.29 is 48.0 Å². The van der Waals surface area contributed by atoms with Crippen LogP contribution in [0, 0.1) is 12.3 Å². The summed E-state index contributed by atoms with van der Waals surface area (Å²) in [4.78, 5) is 65.8. The van der Waals surface area contributed by atoms with Gasteiger partial charge in [0.2, 0.25) is 23.6 Å². The molecule has 4 heterocycles. The number of aliphatic hydroxyl groups excluding tert-OH is 1. The Hall–Kier alpha value is -6.92. The van der Waals surface area contributed by atoms with Crippen LogP contribution in [0.2, 0.25) is 0 Å². The maximum atomic E-state index is 14.1. The molecule has 0 saturated carbocycles. The monoisotopic (exact) mass is 1010 g/mol. The third kappa shape index (κ3) is 13.8. The molecule has 0 bridgehead atoms. The molecule has 5 aromatic rings. The molecule has 4 amide bonds. The van der Waals surface area contributed by atoms with Crippen molar-refractivity contribution in [2.24, 2.45) is 5.41 Å². The number of para-hydroxylation sites is 1. The highest BCUT2D eigenvalue weighted by Crippen LogP contribution is 2.42. The summed E-state index contributed by atoms with van der Waals surface area (Å²) in [5, 5.41) is 19.5. The third-order valence-corrected chi connectivity index (χ3v) is 13.7. The highest BCUT2D eigenvalue weighted by atomic mass is 32.1. The summed E-state index contributed by atoms with van der Waals surface area (Å²) in [6.45, 7) is 12.5. The number of allylic oxidation sites excluding steroid dienone is 2. The summed E-state index contributed by atoms with van der Waals surface area (Å²) >= 11 is 1.55. The quantitative estimate of drug-likeness (QED) is 0.0411. The number of likely N-dealkylation sites (tertiary alicyclic amines) is 1. The lowest BCUT2D eigenvalue weighted by atomic mass is 9.85. The number of hydrogen-bond donors (Lipinski definition) is 4. The van der Waals surface area contributed by atoms with Crippen LogP contribution in [0.3, 0.4) is 0 Å². The molecule has 16 nitrogen and oxygen atoms in total. The van der Waals surface area contributed by atoms with E-state index in [1.54, 1.807) is 31.1 Å². The zero-order valence-corrected chi connectivity index (χ0v) is 43.6. The van der Waals surface area contributed by atoms with Gasteiger partial charge < -0.3 is 49.6 Å². The average Bonchev–Trinajstić information content (AvgIpc) is 3.94. The van der Waals surface area contributed by atoms with Gasteiger partial charge in [-0.2, -0.15) is 0 Å². The Labute approximate surface area is 431 Å². The molecule has 3 aromatic carbocycles. The number of fused-ring (bicyclic) bond motifs is 3. The van der Waals surface area contributed by atoms with Gasteiger partial charge in [-0.15, -0.1) is 11.3 Å². The van der Waals surface area contributed by atoms with Crippen molar-refractivity contribution in [3.63, 3.8) is 0 Å². The zero-order valence-electron chi connectivity index (χ0n) is 42.8. The summed E-state index contributed by atoms with van der Waals surface area (Å²) in [6, 6.07) is 20.8. The summed E-state index contributed by atoms with van der Waals surface area (Å²) < 4.78 is 28.5. The predicted octanol–water partition coefficient (Wildman–Crippen LogP) is 7.82. The van der Waals surface area contributed by atoms with Gasteiger partial charge in [0.15, 0.2) is 11.5 Å². The number of anilines is 1. The predicted molar refractivity (Wildman–Crippen MR) is 282 cm³/mol. The second-order valence-electron chi connectivity index (χ2n) is 19.1. The molecule has 7 rings (SSSR count). The van der Waals surface area contributed by atoms with E-state index in [1.807, 2.05) is 133 Å². The molecule has 2 aromatic heterocycles. The second-order valence-corrected chi connectivity index (χ2v) is 20.0. The number of ether oxygens (including phenoxy) is 5. The minimum atomic E-state index is -0.948.